The minimum Gasteiger partial charge on any atom is -0.493 e. The van der Waals surface area contributed by atoms with Gasteiger partial charge in [0.05, 0.1) is 7.11 Å². The van der Waals surface area contributed by atoms with Crippen LogP contribution in [-0.2, 0) is 14.3 Å². The monoisotopic (exact) mass is 456 g/mol. The van der Waals surface area contributed by atoms with E-state index in [2.05, 4.69) is 10.6 Å². The van der Waals surface area contributed by atoms with Gasteiger partial charge in [-0.2, -0.15) is 0 Å². The van der Waals surface area contributed by atoms with Crippen molar-refractivity contribution in [1.29, 1.82) is 0 Å². The molecule has 0 aliphatic carbocycles. The third kappa shape index (κ3) is 6.89. The molecule has 10 nitrogen and oxygen atoms in total. The molecule has 1 aliphatic rings. The Morgan fingerprint density at radius 3 is 2.55 bits per heavy atom. The van der Waals surface area contributed by atoms with Crippen LogP contribution in [0.2, 0.25) is 0 Å². The lowest BCUT2D eigenvalue weighted by molar-refractivity contribution is -0.150. The molecule has 33 heavy (non-hydrogen) atoms. The Bertz CT molecular complexity index is 1050. The molecule has 0 unspecified atom stereocenters. The van der Waals surface area contributed by atoms with Gasteiger partial charge in [-0.1, -0.05) is 18.2 Å². The minimum absolute atomic E-state index is 0.353. The number of anilines is 1. The van der Waals surface area contributed by atoms with Crippen LogP contribution in [0.1, 0.15) is 12.5 Å². The number of urea groups is 1. The smallest absolute Gasteiger partial charge is 0.344 e. The number of fused-ring (bicyclic) bond motifs is 1. The predicted octanol–water partition coefficient (Wildman–Crippen LogP) is 2.77. The predicted molar refractivity (Wildman–Crippen MR) is 119 cm³/mol. The molecule has 0 saturated heterocycles. The van der Waals surface area contributed by atoms with Crippen molar-refractivity contribution in [3.63, 3.8) is 0 Å². The van der Waals surface area contributed by atoms with Crippen LogP contribution in [0.4, 0.5) is 10.5 Å². The van der Waals surface area contributed by atoms with Gasteiger partial charge in [0.2, 0.25) is 0 Å². The van der Waals surface area contributed by atoms with E-state index in [9.17, 15) is 14.4 Å². The number of hydrogen-bond acceptors (Lipinski definition) is 8. The zero-order valence-electron chi connectivity index (χ0n) is 18.2. The molecule has 2 aromatic carbocycles. The standard InChI is InChI=1S/C23H24N2O8/c1-3-4-15-5-7-17(19(11-15)29-2)32-14-22(27)33-13-21(26)25-23(28)24-16-6-8-18-20(12-16)31-10-9-30-18/h3-8,11-12H,9-10,13-14H2,1-2H3,(H2,24,25,26,28)/b4-3+. The number of carbonyl (C=O) groups excluding carboxylic acids is 3. The summed E-state index contributed by atoms with van der Waals surface area (Å²) in [7, 11) is 1.49. The fourth-order valence-corrected chi connectivity index (χ4v) is 2.87. The number of allylic oxidation sites excluding steroid dienone is 1. The highest BCUT2D eigenvalue weighted by Gasteiger charge is 2.15. The van der Waals surface area contributed by atoms with E-state index >= 15 is 0 Å². The second kappa shape index (κ2) is 11.4. The Kier molecular flexibility index (Phi) is 8.12. The maximum atomic E-state index is 12.0. The first-order valence-electron chi connectivity index (χ1n) is 10.1. The van der Waals surface area contributed by atoms with Gasteiger partial charge in [-0.3, -0.25) is 10.1 Å². The summed E-state index contributed by atoms with van der Waals surface area (Å²) in [6.45, 7) is 1.68. The number of esters is 1. The van der Waals surface area contributed by atoms with E-state index < -0.39 is 31.1 Å². The summed E-state index contributed by atoms with van der Waals surface area (Å²) in [4.78, 5) is 35.8. The van der Waals surface area contributed by atoms with Crippen molar-refractivity contribution in [1.82, 2.24) is 5.32 Å². The first-order chi connectivity index (χ1) is 16.0. The molecule has 1 heterocycles. The number of methoxy groups -OCH3 is 1. The fraction of sp³-hybridized carbons (Fsp3) is 0.261. The van der Waals surface area contributed by atoms with Crippen molar-refractivity contribution in [2.24, 2.45) is 0 Å². The second-order valence-corrected chi connectivity index (χ2v) is 6.72. The van der Waals surface area contributed by atoms with E-state index in [1.165, 1.54) is 7.11 Å². The number of imide groups is 1. The van der Waals surface area contributed by atoms with Crippen molar-refractivity contribution in [3.05, 3.63) is 48.0 Å². The number of carbonyl (C=O) groups is 3. The van der Waals surface area contributed by atoms with Crippen molar-refractivity contribution < 1.29 is 38.1 Å². The molecule has 0 atom stereocenters. The van der Waals surface area contributed by atoms with Gasteiger partial charge >= 0.3 is 12.0 Å². The van der Waals surface area contributed by atoms with Gasteiger partial charge in [0.1, 0.15) is 13.2 Å². The molecule has 3 amide bonds. The Morgan fingerprint density at radius 2 is 1.79 bits per heavy atom. The summed E-state index contributed by atoms with van der Waals surface area (Å²) in [6, 6.07) is 9.28. The van der Waals surface area contributed by atoms with Crippen molar-refractivity contribution in [3.8, 4) is 23.0 Å². The number of ether oxygens (including phenoxy) is 5. The van der Waals surface area contributed by atoms with Gasteiger partial charge in [-0.15, -0.1) is 0 Å². The van der Waals surface area contributed by atoms with Gasteiger partial charge in [-0.25, -0.2) is 9.59 Å². The van der Waals surface area contributed by atoms with Gasteiger partial charge < -0.3 is 29.0 Å². The number of amides is 3. The average Bonchev–Trinajstić information content (AvgIpc) is 2.81. The second-order valence-electron chi connectivity index (χ2n) is 6.72. The zero-order chi connectivity index (χ0) is 23.6. The first-order valence-corrected chi connectivity index (χ1v) is 10.1. The Balaban J connectivity index is 1.41. The summed E-state index contributed by atoms with van der Waals surface area (Å²) >= 11 is 0. The van der Waals surface area contributed by atoms with Crippen LogP contribution in [0.25, 0.3) is 6.08 Å². The van der Waals surface area contributed by atoms with Crippen molar-refractivity contribution in [2.75, 3.05) is 38.9 Å². The maximum Gasteiger partial charge on any atom is 0.344 e. The molecule has 2 aromatic rings. The van der Waals surface area contributed by atoms with E-state index in [1.54, 1.807) is 36.4 Å². The van der Waals surface area contributed by atoms with Crippen LogP contribution in [0, 0.1) is 0 Å². The van der Waals surface area contributed by atoms with Crippen molar-refractivity contribution in [2.45, 2.75) is 6.92 Å². The lowest BCUT2D eigenvalue weighted by atomic mass is 10.2. The highest BCUT2D eigenvalue weighted by Crippen LogP contribution is 2.32. The Labute approximate surface area is 190 Å². The lowest BCUT2D eigenvalue weighted by Gasteiger charge is -2.19. The Hall–Kier alpha value is -4.21. The van der Waals surface area contributed by atoms with Crippen LogP contribution in [0.3, 0.4) is 0 Å². The van der Waals surface area contributed by atoms with Crippen LogP contribution in [-0.4, -0.2) is 51.4 Å². The number of rotatable bonds is 8. The molecule has 0 bridgehead atoms. The topological polar surface area (TPSA) is 121 Å². The van der Waals surface area contributed by atoms with E-state index in [0.29, 0.717) is 41.9 Å². The number of nitrogens with one attached hydrogen (secondary N) is 2. The molecule has 174 valence electrons. The zero-order valence-corrected chi connectivity index (χ0v) is 18.2. The summed E-state index contributed by atoms with van der Waals surface area (Å²) in [5.41, 5.74) is 1.32. The molecular formula is C23H24N2O8. The molecule has 0 radical (unpaired) electrons. The van der Waals surface area contributed by atoms with Crippen LogP contribution in [0.5, 0.6) is 23.0 Å². The van der Waals surface area contributed by atoms with Gasteiger partial charge in [0.25, 0.3) is 5.91 Å². The third-order valence-corrected chi connectivity index (χ3v) is 4.31. The molecule has 10 heteroatoms. The quantitative estimate of drug-likeness (QED) is 0.582. The summed E-state index contributed by atoms with van der Waals surface area (Å²) < 4.78 is 26.3. The van der Waals surface area contributed by atoms with E-state index in [0.717, 1.165) is 5.56 Å². The van der Waals surface area contributed by atoms with Crippen LogP contribution in [0.15, 0.2) is 42.5 Å². The average molecular weight is 456 g/mol. The lowest BCUT2D eigenvalue weighted by Crippen LogP contribution is -2.37. The fourth-order valence-electron chi connectivity index (χ4n) is 2.87. The molecule has 0 aromatic heterocycles. The van der Waals surface area contributed by atoms with E-state index in [4.69, 9.17) is 23.7 Å². The maximum absolute atomic E-state index is 12.0. The summed E-state index contributed by atoms with van der Waals surface area (Å²) in [6.07, 6.45) is 3.78. The molecule has 2 N–H and O–H groups in total. The summed E-state index contributed by atoms with van der Waals surface area (Å²) in [5, 5.41) is 4.56. The third-order valence-electron chi connectivity index (χ3n) is 4.31. The van der Waals surface area contributed by atoms with Gasteiger partial charge in [0.15, 0.2) is 36.2 Å². The summed E-state index contributed by atoms with van der Waals surface area (Å²) in [5.74, 6) is 0.290. The molecule has 0 spiro atoms. The van der Waals surface area contributed by atoms with Crippen LogP contribution < -0.4 is 29.6 Å². The molecule has 0 saturated carbocycles. The molecule has 1 aliphatic heterocycles. The molecule has 3 rings (SSSR count). The molecule has 0 fully saturated rings. The Morgan fingerprint density at radius 1 is 1.00 bits per heavy atom. The largest absolute Gasteiger partial charge is 0.493 e. The molecular weight excluding hydrogens is 432 g/mol. The number of hydrogen-bond donors (Lipinski definition) is 2. The van der Waals surface area contributed by atoms with Gasteiger partial charge in [-0.05, 0) is 36.8 Å². The van der Waals surface area contributed by atoms with E-state index in [1.807, 2.05) is 19.1 Å². The number of benzene rings is 2. The van der Waals surface area contributed by atoms with Crippen LogP contribution >= 0.6 is 0 Å². The highest BCUT2D eigenvalue weighted by atomic mass is 16.6. The van der Waals surface area contributed by atoms with E-state index in [-0.39, 0.29) is 0 Å². The van der Waals surface area contributed by atoms with Crippen molar-refractivity contribution >= 4 is 29.7 Å². The highest BCUT2D eigenvalue weighted by molar-refractivity contribution is 6.02. The normalized spacial score (nSPS) is 12.1. The minimum atomic E-state index is -0.799. The SMILES string of the molecule is C/C=C/c1ccc(OCC(=O)OCC(=O)NC(=O)Nc2ccc3c(c2)OCCO3)c(OC)c1. The first kappa shape index (κ1) is 23.5. The van der Waals surface area contributed by atoms with Gasteiger partial charge in [0, 0.05) is 11.8 Å².